The maximum Gasteiger partial charge on any atom is 0.273 e. The van der Waals surface area contributed by atoms with E-state index in [1.54, 1.807) is 12.1 Å². The predicted octanol–water partition coefficient (Wildman–Crippen LogP) is 3.01. The summed E-state index contributed by atoms with van der Waals surface area (Å²) in [5.74, 6) is 0. The summed E-state index contributed by atoms with van der Waals surface area (Å²) in [5.41, 5.74) is 0.871. The van der Waals surface area contributed by atoms with Gasteiger partial charge in [-0.05, 0) is 31.9 Å². The minimum absolute atomic E-state index is 0.163. The number of rotatable bonds is 6. The number of nitrogens with zero attached hydrogens (tertiary/aromatic N) is 1. The largest absolute Gasteiger partial charge is 0.378 e. The van der Waals surface area contributed by atoms with E-state index < -0.39 is 0 Å². The molecule has 0 heterocycles. The molecule has 6 heteroatoms. The van der Waals surface area contributed by atoms with Crippen LogP contribution < -0.4 is 5.32 Å². The SMILES string of the molecule is CCOC1CC(NCc2cc(Br)ccc2[N+](=O)[O-])C1. The van der Waals surface area contributed by atoms with Crippen LogP contribution in [0.1, 0.15) is 25.3 Å². The molecule has 0 saturated heterocycles. The van der Waals surface area contributed by atoms with Crippen molar-refractivity contribution in [3.8, 4) is 0 Å². The number of benzene rings is 1. The molecule has 0 unspecified atom stereocenters. The fourth-order valence-electron chi connectivity index (χ4n) is 2.23. The van der Waals surface area contributed by atoms with Crippen molar-refractivity contribution in [3.63, 3.8) is 0 Å². The second-order valence-electron chi connectivity index (χ2n) is 4.66. The molecule has 1 aromatic carbocycles. The van der Waals surface area contributed by atoms with Crippen LogP contribution in [-0.4, -0.2) is 23.7 Å². The number of hydrogen-bond donors (Lipinski definition) is 1. The highest BCUT2D eigenvalue weighted by atomic mass is 79.9. The molecule has 1 aliphatic carbocycles. The smallest absolute Gasteiger partial charge is 0.273 e. The summed E-state index contributed by atoms with van der Waals surface area (Å²) in [6.07, 6.45) is 2.31. The Morgan fingerprint density at radius 2 is 2.26 bits per heavy atom. The van der Waals surface area contributed by atoms with Crippen LogP contribution in [0.3, 0.4) is 0 Å². The molecule has 0 aromatic heterocycles. The van der Waals surface area contributed by atoms with Gasteiger partial charge in [-0.25, -0.2) is 0 Å². The fraction of sp³-hybridized carbons (Fsp3) is 0.538. The van der Waals surface area contributed by atoms with Gasteiger partial charge >= 0.3 is 0 Å². The third-order valence-electron chi connectivity index (χ3n) is 3.32. The first kappa shape index (κ1) is 14.4. The Morgan fingerprint density at radius 1 is 1.53 bits per heavy atom. The highest BCUT2D eigenvalue weighted by Crippen LogP contribution is 2.26. The monoisotopic (exact) mass is 328 g/mol. The molecule has 0 amide bonds. The molecule has 2 rings (SSSR count). The summed E-state index contributed by atoms with van der Waals surface area (Å²) >= 11 is 3.34. The van der Waals surface area contributed by atoms with Crippen LogP contribution in [0.2, 0.25) is 0 Å². The summed E-state index contributed by atoms with van der Waals surface area (Å²) < 4.78 is 6.34. The van der Waals surface area contributed by atoms with E-state index in [9.17, 15) is 10.1 Å². The van der Waals surface area contributed by atoms with Crippen molar-refractivity contribution >= 4 is 21.6 Å². The van der Waals surface area contributed by atoms with E-state index in [0.717, 1.165) is 23.9 Å². The van der Waals surface area contributed by atoms with Gasteiger partial charge in [0.1, 0.15) is 0 Å². The Bertz CT molecular complexity index is 461. The second kappa shape index (κ2) is 6.45. The van der Waals surface area contributed by atoms with Crippen LogP contribution >= 0.6 is 15.9 Å². The van der Waals surface area contributed by atoms with E-state index in [-0.39, 0.29) is 10.6 Å². The molecular weight excluding hydrogens is 312 g/mol. The van der Waals surface area contributed by atoms with Gasteiger partial charge in [0.05, 0.1) is 11.0 Å². The molecule has 0 atom stereocenters. The normalized spacial score (nSPS) is 22.0. The van der Waals surface area contributed by atoms with Crippen LogP contribution in [0.25, 0.3) is 0 Å². The molecule has 0 spiro atoms. The van der Waals surface area contributed by atoms with Crippen LogP contribution in [0.5, 0.6) is 0 Å². The maximum absolute atomic E-state index is 10.9. The second-order valence-corrected chi connectivity index (χ2v) is 5.57. The van der Waals surface area contributed by atoms with E-state index in [0.29, 0.717) is 24.3 Å². The third-order valence-corrected chi connectivity index (χ3v) is 3.81. The molecule has 1 aliphatic rings. The van der Waals surface area contributed by atoms with Crippen molar-refractivity contribution in [2.75, 3.05) is 6.61 Å². The first-order valence-electron chi connectivity index (χ1n) is 6.38. The molecule has 0 radical (unpaired) electrons. The molecule has 5 nitrogen and oxygen atoms in total. The first-order valence-corrected chi connectivity index (χ1v) is 7.17. The summed E-state index contributed by atoms with van der Waals surface area (Å²) in [5, 5.41) is 14.3. The minimum Gasteiger partial charge on any atom is -0.378 e. The Morgan fingerprint density at radius 3 is 2.89 bits per heavy atom. The van der Waals surface area contributed by atoms with E-state index in [1.165, 1.54) is 6.07 Å². The van der Waals surface area contributed by atoms with Gasteiger partial charge in [0.2, 0.25) is 0 Å². The molecule has 1 N–H and O–H groups in total. The highest BCUT2D eigenvalue weighted by molar-refractivity contribution is 9.10. The van der Waals surface area contributed by atoms with Gasteiger partial charge in [-0.2, -0.15) is 0 Å². The summed E-state index contributed by atoms with van der Waals surface area (Å²) in [6, 6.07) is 5.42. The van der Waals surface area contributed by atoms with Gasteiger partial charge in [0.25, 0.3) is 5.69 Å². The first-order chi connectivity index (χ1) is 9.10. The number of ether oxygens (including phenoxy) is 1. The zero-order valence-corrected chi connectivity index (χ0v) is 12.4. The molecular formula is C13H17BrN2O3. The Balaban J connectivity index is 1.89. The number of hydrogen-bond acceptors (Lipinski definition) is 4. The lowest BCUT2D eigenvalue weighted by molar-refractivity contribution is -0.385. The van der Waals surface area contributed by atoms with Crippen LogP contribution in [0.4, 0.5) is 5.69 Å². The topological polar surface area (TPSA) is 64.4 Å². The maximum atomic E-state index is 10.9. The molecule has 0 bridgehead atoms. The van der Waals surface area contributed by atoms with Crippen molar-refractivity contribution in [1.82, 2.24) is 5.32 Å². The molecule has 19 heavy (non-hydrogen) atoms. The Labute approximate surface area is 120 Å². The average molecular weight is 329 g/mol. The predicted molar refractivity (Wildman–Crippen MR) is 76.1 cm³/mol. The van der Waals surface area contributed by atoms with Gasteiger partial charge < -0.3 is 10.1 Å². The van der Waals surface area contributed by atoms with E-state index in [1.807, 2.05) is 6.92 Å². The molecule has 1 saturated carbocycles. The summed E-state index contributed by atoms with van der Waals surface area (Å²) in [4.78, 5) is 10.6. The van der Waals surface area contributed by atoms with Gasteiger partial charge in [0, 0.05) is 35.3 Å². The highest BCUT2D eigenvalue weighted by Gasteiger charge is 2.29. The minimum atomic E-state index is -0.340. The quantitative estimate of drug-likeness (QED) is 0.644. The van der Waals surface area contributed by atoms with Crippen LogP contribution in [-0.2, 0) is 11.3 Å². The van der Waals surface area contributed by atoms with Crippen LogP contribution in [0.15, 0.2) is 22.7 Å². The number of nitro groups is 1. The van der Waals surface area contributed by atoms with Gasteiger partial charge in [-0.15, -0.1) is 0 Å². The number of nitro benzene ring substituents is 1. The molecule has 0 aliphatic heterocycles. The summed E-state index contributed by atoms with van der Waals surface area (Å²) in [6.45, 7) is 3.25. The van der Waals surface area contributed by atoms with Crippen molar-refractivity contribution < 1.29 is 9.66 Å². The lowest BCUT2D eigenvalue weighted by atomic mass is 9.89. The number of nitrogens with one attached hydrogen (secondary N) is 1. The summed E-state index contributed by atoms with van der Waals surface area (Å²) in [7, 11) is 0. The molecule has 104 valence electrons. The lowest BCUT2D eigenvalue weighted by Gasteiger charge is -2.35. The fourth-order valence-corrected chi connectivity index (χ4v) is 2.64. The number of halogens is 1. The molecule has 1 fully saturated rings. The Hall–Kier alpha value is -0.980. The molecule has 1 aromatic rings. The lowest BCUT2D eigenvalue weighted by Crippen LogP contribution is -2.45. The van der Waals surface area contributed by atoms with Crippen molar-refractivity contribution in [1.29, 1.82) is 0 Å². The third kappa shape index (κ3) is 3.75. The van der Waals surface area contributed by atoms with Crippen molar-refractivity contribution in [2.24, 2.45) is 0 Å². The van der Waals surface area contributed by atoms with Crippen LogP contribution in [0, 0.1) is 10.1 Å². The van der Waals surface area contributed by atoms with Gasteiger partial charge in [-0.1, -0.05) is 15.9 Å². The zero-order chi connectivity index (χ0) is 13.8. The zero-order valence-electron chi connectivity index (χ0n) is 10.8. The van der Waals surface area contributed by atoms with Crippen molar-refractivity contribution in [3.05, 3.63) is 38.3 Å². The van der Waals surface area contributed by atoms with E-state index >= 15 is 0 Å². The van der Waals surface area contributed by atoms with E-state index in [4.69, 9.17) is 4.74 Å². The van der Waals surface area contributed by atoms with E-state index in [2.05, 4.69) is 21.2 Å². The standard InChI is InChI=1S/C13H17BrN2O3/c1-2-19-12-6-11(7-12)15-8-9-5-10(14)3-4-13(9)16(17)18/h3-5,11-12,15H,2,6-8H2,1H3. The van der Waals surface area contributed by atoms with Crippen molar-refractivity contribution in [2.45, 2.75) is 38.5 Å². The Kier molecular flexibility index (Phi) is 4.90. The average Bonchev–Trinajstić information content (AvgIpc) is 2.31. The van der Waals surface area contributed by atoms with Gasteiger partial charge in [0.15, 0.2) is 0 Å². The van der Waals surface area contributed by atoms with Gasteiger partial charge in [-0.3, -0.25) is 10.1 Å².